The number of imidazole rings is 1. The van der Waals surface area contributed by atoms with E-state index in [9.17, 15) is 23.5 Å². The third-order valence-electron chi connectivity index (χ3n) is 8.30. The minimum absolute atomic E-state index is 0. The van der Waals surface area contributed by atoms with E-state index in [0.29, 0.717) is 16.6 Å². The highest BCUT2D eigenvalue weighted by atomic mass is 19.1. The first-order chi connectivity index (χ1) is 23.5. The number of rotatable bonds is 9. The number of pyridine rings is 1. The Kier molecular flexibility index (Phi) is 12.0. The minimum atomic E-state index is -1.22. The standard InChI is InChI=1S/C35H30F4N4O4.C2H6.H3N/c1-19-6-7-22(27(37)10-19)18-47-34-5-3-4-30(41-34)26-15-28(38)23(11-29(26)39)13-33-40-31-9-8-21(35(45)46)12-32(31)43(33)17-25-14-24(36)16-42(25)20(2)44;1-2;/h3-12,15,24-25H,13-14,16-18H2,1-2H3,(H,45,46);1-2H3;1H3/t24-,25-;;/m1../s1. The number of amides is 1. The van der Waals surface area contributed by atoms with E-state index in [4.69, 9.17) is 4.74 Å². The number of carbonyl (C=O) groups excluding carboxylic acids is 1. The van der Waals surface area contributed by atoms with Gasteiger partial charge in [0, 0.05) is 43.5 Å². The zero-order valence-electron chi connectivity index (χ0n) is 28.2. The van der Waals surface area contributed by atoms with Gasteiger partial charge in [-0.25, -0.2) is 32.3 Å². The Morgan fingerprint density at radius 2 is 1.68 bits per heavy atom. The number of hydrogen-bond acceptors (Lipinski definition) is 6. The van der Waals surface area contributed by atoms with Crippen LogP contribution >= 0.6 is 0 Å². The highest BCUT2D eigenvalue weighted by molar-refractivity contribution is 5.92. The number of hydrogen-bond donors (Lipinski definition) is 2. The van der Waals surface area contributed by atoms with E-state index in [2.05, 4.69) is 9.97 Å². The number of nitrogens with zero attached hydrogens (tertiary/aromatic N) is 4. The summed E-state index contributed by atoms with van der Waals surface area (Å²) in [5, 5.41) is 9.57. The predicted molar refractivity (Wildman–Crippen MR) is 182 cm³/mol. The molecule has 0 aliphatic carbocycles. The minimum Gasteiger partial charge on any atom is -0.478 e. The molecule has 4 N–H and O–H groups in total. The molecule has 9 nitrogen and oxygen atoms in total. The van der Waals surface area contributed by atoms with Crippen LogP contribution in [0.3, 0.4) is 0 Å². The third kappa shape index (κ3) is 8.11. The largest absolute Gasteiger partial charge is 0.478 e. The summed E-state index contributed by atoms with van der Waals surface area (Å²) in [7, 11) is 0. The number of ether oxygens (including phenoxy) is 1. The molecule has 0 spiro atoms. The van der Waals surface area contributed by atoms with Gasteiger partial charge in [0.05, 0.1) is 34.9 Å². The van der Waals surface area contributed by atoms with Gasteiger partial charge in [0.25, 0.3) is 0 Å². The molecule has 0 unspecified atom stereocenters. The van der Waals surface area contributed by atoms with Crippen molar-refractivity contribution < 1.29 is 37.0 Å². The van der Waals surface area contributed by atoms with Gasteiger partial charge in [-0.15, -0.1) is 0 Å². The number of alkyl halides is 1. The fraction of sp³-hybridized carbons (Fsp3) is 0.297. The van der Waals surface area contributed by atoms with Crippen molar-refractivity contribution >= 4 is 22.9 Å². The molecular formula is C37H39F4N5O4. The molecule has 0 saturated carbocycles. The summed E-state index contributed by atoms with van der Waals surface area (Å²) in [6.45, 7) is 7.03. The van der Waals surface area contributed by atoms with Crippen molar-refractivity contribution in [2.75, 3.05) is 6.54 Å². The van der Waals surface area contributed by atoms with Gasteiger partial charge in [0.2, 0.25) is 11.8 Å². The molecule has 1 saturated heterocycles. The number of carboxylic acids is 1. The molecule has 0 bridgehead atoms. The third-order valence-corrected chi connectivity index (χ3v) is 8.30. The number of aromatic carboxylic acids is 1. The zero-order chi connectivity index (χ0) is 35.4. The molecule has 264 valence electrons. The van der Waals surface area contributed by atoms with E-state index < -0.39 is 35.6 Å². The number of fused-ring (bicyclic) bond motifs is 1. The van der Waals surface area contributed by atoms with Crippen molar-refractivity contribution in [3.05, 3.63) is 112 Å². The SMILES string of the molecule is CC.CC(=O)N1C[C@H](F)C[C@@H]1Cn1c(Cc2cc(F)c(-c3cccc(OCc4ccc(C)cc4F)n3)cc2F)nc2ccc(C(=O)O)cc21.N. The topological polar surface area (TPSA) is 133 Å². The van der Waals surface area contributed by atoms with Gasteiger partial charge in [-0.1, -0.05) is 32.0 Å². The average molecular weight is 694 g/mol. The van der Waals surface area contributed by atoms with E-state index in [-0.39, 0.29) is 78.7 Å². The Balaban J connectivity index is 0.00000184. The van der Waals surface area contributed by atoms with Crippen molar-refractivity contribution in [2.45, 2.75) is 65.9 Å². The smallest absolute Gasteiger partial charge is 0.335 e. The van der Waals surface area contributed by atoms with Crippen LogP contribution in [0.4, 0.5) is 17.6 Å². The van der Waals surface area contributed by atoms with Crippen LogP contribution in [0.2, 0.25) is 0 Å². The van der Waals surface area contributed by atoms with Crippen LogP contribution in [0, 0.1) is 24.4 Å². The lowest BCUT2D eigenvalue weighted by Gasteiger charge is -2.24. The first kappa shape index (κ1) is 37.5. The molecule has 0 radical (unpaired) electrons. The lowest BCUT2D eigenvalue weighted by atomic mass is 10.0. The highest BCUT2D eigenvalue weighted by Gasteiger charge is 2.35. The quantitative estimate of drug-likeness (QED) is 0.150. The zero-order valence-corrected chi connectivity index (χ0v) is 28.2. The van der Waals surface area contributed by atoms with Crippen LogP contribution < -0.4 is 10.9 Å². The van der Waals surface area contributed by atoms with E-state index >= 15 is 8.78 Å². The molecule has 1 fully saturated rings. The van der Waals surface area contributed by atoms with Gasteiger partial charge >= 0.3 is 5.97 Å². The number of halogens is 4. The molecule has 5 aromatic rings. The summed E-state index contributed by atoms with van der Waals surface area (Å²) >= 11 is 0. The van der Waals surface area contributed by atoms with Crippen LogP contribution in [0.15, 0.2) is 66.7 Å². The Hall–Kier alpha value is -5.30. The predicted octanol–water partition coefficient (Wildman–Crippen LogP) is 7.84. The lowest BCUT2D eigenvalue weighted by Crippen LogP contribution is -2.37. The summed E-state index contributed by atoms with van der Waals surface area (Å²) < 4.78 is 67.1. The summed E-state index contributed by atoms with van der Waals surface area (Å²) in [6.07, 6.45) is -1.33. The normalized spacial score (nSPS) is 15.3. The summed E-state index contributed by atoms with van der Waals surface area (Å²) in [6, 6.07) is 15.2. The number of likely N-dealkylation sites (tertiary alicyclic amines) is 1. The van der Waals surface area contributed by atoms with Crippen molar-refractivity contribution in [3.8, 4) is 17.1 Å². The molecule has 50 heavy (non-hydrogen) atoms. The number of carboxylic acid groups (broad SMARTS) is 1. The Bertz CT molecular complexity index is 2020. The molecule has 2 atom stereocenters. The van der Waals surface area contributed by atoms with Crippen LogP contribution in [0.1, 0.15) is 60.1 Å². The Labute approximate surface area is 287 Å². The van der Waals surface area contributed by atoms with Gasteiger partial charge in [0.15, 0.2) is 0 Å². The molecule has 2 aromatic heterocycles. The lowest BCUT2D eigenvalue weighted by molar-refractivity contribution is -0.130. The first-order valence-corrected chi connectivity index (χ1v) is 15.9. The van der Waals surface area contributed by atoms with Crippen LogP contribution in [0.5, 0.6) is 5.88 Å². The number of aryl methyl sites for hydroxylation is 1. The van der Waals surface area contributed by atoms with Crippen LogP contribution in [-0.2, 0) is 24.4 Å². The number of aromatic nitrogens is 3. The van der Waals surface area contributed by atoms with Gasteiger partial charge in [-0.2, -0.15) is 0 Å². The second-order valence-corrected chi connectivity index (χ2v) is 11.7. The van der Waals surface area contributed by atoms with Gasteiger partial charge in [-0.05, 0) is 60.5 Å². The van der Waals surface area contributed by atoms with Crippen molar-refractivity contribution in [2.24, 2.45) is 0 Å². The highest BCUT2D eigenvalue weighted by Crippen LogP contribution is 2.30. The number of carbonyl (C=O) groups is 2. The second kappa shape index (κ2) is 15.9. The van der Waals surface area contributed by atoms with Gasteiger partial charge in [0.1, 0.15) is 36.1 Å². The Morgan fingerprint density at radius 3 is 2.38 bits per heavy atom. The van der Waals surface area contributed by atoms with Crippen LogP contribution in [-0.4, -0.2) is 55.2 Å². The molecule has 1 amide bonds. The average Bonchev–Trinajstić information content (AvgIpc) is 3.62. The van der Waals surface area contributed by atoms with Crippen molar-refractivity contribution in [1.82, 2.24) is 25.6 Å². The van der Waals surface area contributed by atoms with E-state index in [1.807, 2.05) is 13.8 Å². The fourth-order valence-electron chi connectivity index (χ4n) is 5.93. The van der Waals surface area contributed by atoms with Crippen molar-refractivity contribution in [1.29, 1.82) is 0 Å². The Morgan fingerprint density at radius 1 is 0.940 bits per heavy atom. The van der Waals surface area contributed by atoms with Gasteiger partial charge < -0.3 is 25.5 Å². The monoisotopic (exact) mass is 693 g/mol. The second-order valence-electron chi connectivity index (χ2n) is 11.7. The maximum Gasteiger partial charge on any atom is 0.335 e. The fourth-order valence-corrected chi connectivity index (χ4v) is 5.93. The molecule has 1 aliphatic heterocycles. The van der Waals surface area contributed by atoms with Crippen LogP contribution in [0.25, 0.3) is 22.3 Å². The summed E-state index contributed by atoms with van der Waals surface area (Å²) in [5.41, 5.74) is 1.87. The molecule has 1 aliphatic rings. The number of benzene rings is 3. The van der Waals surface area contributed by atoms with E-state index in [1.54, 1.807) is 29.7 Å². The van der Waals surface area contributed by atoms with Gasteiger partial charge in [-0.3, -0.25) is 4.79 Å². The maximum atomic E-state index is 15.6. The first-order valence-electron chi connectivity index (χ1n) is 15.9. The molecule has 13 heteroatoms. The maximum absolute atomic E-state index is 15.6. The molecular weight excluding hydrogens is 654 g/mol. The van der Waals surface area contributed by atoms with E-state index in [1.165, 1.54) is 48.2 Å². The summed E-state index contributed by atoms with van der Waals surface area (Å²) in [4.78, 5) is 34.2. The summed E-state index contributed by atoms with van der Waals surface area (Å²) in [5.74, 6) is -3.00. The molecule has 6 rings (SSSR count). The molecule has 3 heterocycles. The van der Waals surface area contributed by atoms with Crippen molar-refractivity contribution in [3.63, 3.8) is 0 Å². The molecule has 3 aromatic carbocycles. The van der Waals surface area contributed by atoms with E-state index in [0.717, 1.165) is 17.7 Å².